The Morgan fingerprint density at radius 3 is 2.42 bits per heavy atom. The van der Waals surface area contributed by atoms with Gasteiger partial charge in [-0.3, -0.25) is 14.9 Å². The van der Waals surface area contributed by atoms with E-state index in [2.05, 4.69) is 5.32 Å². The van der Waals surface area contributed by atoms with E-state index in [1.807, 2.05) is 4.90 Å². The molecule has 2 aromatic carbocycles. The maximum absolute atomic E-state index is 13.2. The van der Waals surface area contributed by atoms with E-state index in [0.29, 0.717) is 19.6 Å². The topological polar surface area (TPSA) is 122 Å². The summed E-state index contributed by atoms with van der Waals surface area (Å²) >= 11 is 0. The molecule has 0 radical (unpaired) electrons. The third-order valence-corrected chi connectivity index (χ3v) is 7.07. The van der Waals surface area contributed by atoms with Crippen molar-refractivity contribution in [3.8, 4) is 5.75 Å². The number of nitro groups is 1. The summed E-state index contributed by atoms with van der Waals surface area (Å²) in [6, 6.07) is 6.54. The number of carbonyl (C=O) groups excluding carboxylic acids is 1. The average molecular weight is 484 g/mol. The largest absolute Gasteiger partial charge is 0.490 e. The van der Waals surface area contributed by atoms with Gasteiger partial charge in [-0.1, -0.05) is 0 Å². The number of sulfonamides is 1. The predicted octanol–water partition coefficient (Wildman–Crippen LogP) is 2.22. The van der Waals surface area contributed by atoms with Gasteiger partial charge in [-0.2, -0.15) is 4.31 Å². The number of halogens is 2. The van der Waals surface area contributed by atoms with Crippen molar-refractivity contribution in [2.45, 2.75) is 11.3 Å². The van der Waals surface area contributed by atoms with E-state index in [9.17, 15) is 32.1 Å². The van der Waals surface area contributed by atoms with Crippen LogP contribution in [0, 0.1) is 21.7 Å². The quantitative estimate of drug-likeness (QED) is 0.450. The number of amides is 1. The monoisotopic (exact) mass is 484 g/mol. The number of hydrogen-bond acceptors (Lipinski definition) is 7. The van der Waals surface area contributed by atoms with E-state index in [1.54, 1.807) is 0 Å². The molecule has 0 aromatic heterocycles. The number of carbonyl (C=O) groups is 1. The highest BCUT2D eigenvalue weighted by atomic mass is 32.2. The van der Waals surface area contributed by atoms with Gasteiger partial charge in [-0.25, -0.2) is 17.2 Å². The van der Waals surface area contributed by atoms with Gasteiger partial charge in [-0.05, 0) is 24.3 Å². The van der Waals surface area contributed by atoms with Crippen molar-refractivity contribution in [2.24, 2.45) is 0 Å². The van der Waals surface area contributed by atoms with Gasteiger partial charge in [0, 0.05) is 57.0 Å². The van der Waals surface area contributed by atoms with Gasteiger partial charge >= 0.3 is 5.69 Å². The Bertz CT molecular complexity index is 1150. The normalized spacial score (nSPS) is 15.2. The maximum Gasteiger partial charge on any atom is 0.312 e. The van der Waals surface area contributed by atoms with Gasteiger partial charge < -0.3 is 15.0 Å². The van der Waals surface area contributed by atoms with Crippen molar-refractivity contribution >= 4 is 27.3 Å². The van der Waals surface area contributed by atoms with Crippen molar-refractivity contribution in [3.63, 3.8) is 0 Å². The van der Waals surface area contributed by atoms with Crippen LogP contribution in [0.15, 0.2) is 41.3 Å². The van der Waals surface area contributed by atoms with Crippen molar-refractivity contribution < 1.29 is 31.7 Å². The number of piperazine rings is 1. The molecule has 3 rings (SSSR count). The van der Waals surface area contributed by atoms with E-state index in [-0.39, 0.29) is 41.7 Å². The van der Waals surface area contributed by atoms with Crippen LogP contribution >= 0.6 is 0 Å². The highest BCUT2D eigenvalue weighted by molar-refractivity contribution is 7.89. The van der Waals surface area contributed by atoms with Crippen LogP contribution in [0.3, 0.4) is 0 Å². The van der Waals surface area contributed by atoms with Crippen LogP contribution in [-0.2, 0) is 14.8 Å². The third kappa shape index (κ3) is 5.80. The van der Waals surface area contributed by atoms with E-state index >= 15 is 0 Å². The number of methoxy groups -OCH3 is 1. The van der Waals surface area contributed by atoms with E-state index in [1.165, 1.54) is 29.6 Å². The van der Waals surface area contributed by atoms with Crippen molar-refractivity contribution in [1.29, 1.82) is 0 Å². The maximum atomic E-state index is 13.2. The number of nitrogens with zero attached hydrogens (tertiary/aromatic N) is 3. The van der Waals surface area contributed by atoms with E-state index in [0.717, 1.165) is 18.2 Å². The Morgan fingerprint density at radius 2 is 1.82 bits per heavy atom. The summed E-state index contributed by atoms with van der Waals surface area (Å²) in [4.78, 5) is 24.3. The second-order valence-electron chi connectivity index (χ2n) is 7.26. The van der Waals surface area contributed by atoms with Gasteiger partial charge in [-0.15, -0.1) is 0 Å². The number of rotatable bonds is 8. The molecule has 1 aliphatic rings. The van der Waals surface area contributed by atoms with Crippen LogP contribution in [-0.4, -0.2) is 68.3 Å². The summed E-state index contributed by atoms with van der Waals surface area (Å²) in [6.07, 6.45) is 0.0798. The minimum absolute atomic E-state index is 0.0366. The fourth-order valence-electron chi connectivity index (χ4n) is 3.37. The lowest BCUT2D eigenvalue weighted by atomic mass is 10.2. The van der Waals surface area contributed by atoms with E-state index < -0.39 is 32.3 Å². The zero-order chi connectivity index (χ0) is 24.2. The molecule has 1 amide bonds. The molecule has 2 aromatic rings. The molecule has 13 heteroatoms. The van der Waals surface area contributed by atoms with Crippen molar-refractivity contribution in [1.82, 2.24) is 9.21 Å². The number of anilines is 1. The van der Waals surface area contributed by atoms with Gasteiger partial charge in [0.2, 0.25) is 15.9 Å². The lowest BCUT2D eigenvalue weighted by molar-refractivity contribution is -0.386. The van der Waals surface area contributed by atoms with Crippen LogP contribution in [0.25, 0.3) is 0 Å². The van der Waals surface area contributed by atoms with E-state index in [4.69, 9.17) is 4.74 Å². The minimum Gasteiger partial charge on any atom is -0.490 e. The molecular formula is C20H22F2N4O6S. The first-order valence-electron chi connectivity index (χ1n) is 9.91. The zero-order valence-electron chi connectivity index (χ0n) is 17.7. The molecule has 1 N–H and O–H groups in total. The van der Waals surface area contributed by atoms with Crippen molar-refractivity contribution in [2.75, 3.05) is 45.2 Å². The van der Waals surface area contributed by atoms with Gasteiger partial charge in [0.15, 0.2) is 17.4 Å². The highest BCUT2D eigenvalue weighted by Crippen LogP contribution is 2.30. The first-order valence-corrected chi connectivity index (χ1v) is 11.4. The first-order chi connectivity index (χ1) is 15.6. The summed E-state index contributed by atoms with van der Waals surface area (Å²) < 4.78 is 58.2. The molecule has 10 nitrogen and oxygen atoms in total. The lowest BCUT2D eigenvalue weighted by Crippen LogP contribution is -2.49. The van der Waals surface area contributed by atoms with Crippen molar-refractivity contribution in [3.05, 3.63) is 58.1 Å². The van der Waals surface area contributed by atoms with Crippen LogP contribution in [0.2, 0.25) is 0 Å². The fourth-order valence-corrected chi connectivity index (χ4v) is 4.82. The number of ether oxygens (including phenoxy) is 1. The molecule has 0 saturated carbocycles. The second-order valence-corrected chi connectivity index (χ2v) is 9.20. The molecule has 1 saturated heterocycles. The number of nitro benzene ring substituents is 1. The molecule has 0 atom stereocenters. The second kappa shape index (κ2) is 10.2. The standard InChI is InChI=1S/C20H22F2N4O6S/c1-32-19-5-3-15(13-18(19)26(28)29)33(30,31)25-10-8-24(9-11-25)7-6-20(27)23-14-2-4-16(21)17(22)12-14/h2-5,12-13H,6-11H2,1H3,(H,23,27). The summed E-state index contributed by atoms with van der Waals surface area (Å²) in [6.45, 7) is 1.35. The zero-order valence-corrected chi connectivity index (χ0v) is 18.5. The first kappa shape index (κ1) is 24.5. The third-order valence-electron chi connectivity index (χ3n) is 5.17. The van der Waals surface area contributed by atoms with Crippen LogP contribution in [0.4, 0.5) is 20.2 Å². The summed E-state index contributed by atoms with van der Waals surface area (Å²) in [5.41, 5.74) is -0.298. The Morgan fingerprint density at radius 1 is 1.12 bits per heavy atom. The molecule has 1 fully saturated rings. The average Bonchev–Trinajstić information content (AvgIpc) is 2.80. The SMILES string of the molecule is COc1ccc(S(=O)(=O)N2CCN(CCC(=O)Nc3ccc(F)c(F)c3)CC2)cc1[N+](=O)[O-]. The number of hydrogen-bond donors (Lipinski definition) is 1. The minimum atomic E-state index is -3.94. The summed E-state index contributed by atoms with van der Waals surface area (Å²) in [7, 11) is -2.69. The number of benzene rings is 2. The Kier molecular flexibility index (Phi) is 7.56. The molecule has 0 spiro atoms. The molecule has 0 aliphatic carbocycles. The lowest BCUT2D eigenvalue weighted by Gasteiger charge is -2.33. The summed E-state index contributed by atoms with van der Waals surface area (Å²) in [5.74, 6) is -2.50. The molecule has 1 aliphatic heterocycles. The van der Waals surface area contributed by atoms with Gasteiger partial charge in [0.25, 0.3) is 0 Å². The molecule has 178 valence electrons. The Labute approximate surface area is 188 Å². The molecule has 1 heterocycles. The fraction of sp³-hybridized carbons (Fsp3) is 0.350. The smallest absolute Gasteiger partial charge is 0.312 e. The van der Waals surface area contributed by atoms with Gasteiger partial charge in [0.1, 0.15) is 0 Å². The number of nitrogens with one attached hydrogen (secondary N) is 1. The molecule has 0 bridgehead atoms. The Hall–Kier alpha value is -3.16. The Balaban J connectivity index is 1.54. The molecule has 33 heavy (non-hydrogen) atoms. The van der Waals surface area contributed by atoms with Gasteiger partial charge in [0.05, 0.1) is 16.9 Å². The predicted molar refractivity (Wildman–Crippen MR) is 114 cm³/mol. The van der Waals surface area contributed by atoms with Crippen LogP contribution in [0.5, 0.6) is 5.75 Å². The molecular weight excluding hydrogens is 462 g/mol. The highest BCUT2D eigenvalue weighted by Gasteiger charge is 2.30. The van der Waals surface area contributed by atoms with Crippen LogP contribution in [0.1, 0.15) is 6.42 Å². The molecule has 0 unspecified atom stereocenters. The summed E-state index contributed by atoms with van der Waals surface area (Å²) in [5, 5.41) is 13.7. The van der Waals surface area contributed by atoms with Crippen LogP contribution < -0.4 is 10.1 Å².